The molecule has 0 heterocycles. The fourth-order valence-corrected chi connectivity index (χ4v) is 6.21. The van der Waals surface area contributed by atoms with Crippen LogP contribution in [0.1, 0.15) is 149 Å². The van der Waals surface area contributed by atoms with E-state index in [2.05, 4.69) is 123 Å². The summed E-state index contributed by atoms with van der Waals surface area (Å²) in [6.07, 6.45) is 59.7. The Morgan fingerprint density at radius 1 is 0.533 bits per heavy atom. The molecule has 2 atom stereocenters. The zero-order chi connectivity index (χ0) is 44.1. The first-order valence-electron chi connectivity index (χ1n) is 23.1. The topological polar surface area (TPSA) is 94.1 Å². The summed E-state index contributed by atoms with van der Waals surface area (Å²) in [5.41, 5.74) is 0. The van der Waals surface area contributed by atoms with Crippen LogP contribution >= 0.6 is 7.82 Å². The Morgan fingerprint density at radius 2 is 0.967 bits per heavy atom. The number of carbonyl (C=O) groups excluding carboxylic acids is 1. The van der Waals surface area contributed by atoms with Crippen molar-refractivity contribution in [1.29, 1.82) is 0 Å². The molecule has 0 fully saturated rings. The van der Waals surface area contributed by atoms with E-state index in [9.17, 15) is 14.3 Å². The van der Waals surface area contributed by atoms with Crippen LogP contribution in [0.2, 0.25) is 0 Å². The molecule has 0 N–H and O–H groups in total. The number of hydrogen-bond donors (Lipinski definition) is 0. The minimum atomic E-state index is -4.55. The van der Waals surface area contributed by atoms with E-state index in [1.807, 2.05) is 21.1 Å². The molecule has 0 aliphatic rings. The summed E-state index contributed by atoms with van der Waals surface area (Å²) < 4.78 is 34.5. The van der Waals surface area contributed by atoms with Crippen LogP contribution in [0.15, 0.2) is 109 Å². The van der Waals surface area contributed by atoms with Gasteiger partial charge in [0.05, 0.1) is 34.4 Å². The minimum Gasteiger partial charge on any atom is -0.756 e. The lowest BCUT2D eigenvalue weighted by atomic mass is 10.1. The Kier molecular flexibility index (Phi) is 40.8. The predicted octanol–water partition coefficient (Wildman–Crippen LogP) is 13.4. The highest BCUT2D eigenvalue weighted by atomic mass is 31.2. The van der Waals surface area contributed by atoms with Gasteiger partial charge in [0.2, 0.25) is 0 Å². The second-order valence-electron chi connectivity index (χ2n) is 16.0. The molecule has 0 aromatic carbocycles. The van der Waals surface area contributed by atoms with Gasteiger partial charge in [0, 0.05) is 13.0 Å². The molecule has 9 heteroatoms. The van der Waals surface area contributed by atoms with Crippen molar-refractivity contribution in [3.05, 3.63) is 109 Å². The number of rotatable bonds is 41. The summed E-state index contributed by atoms with van der Waals surface area (Å²) in [4.78, 5) is 25.1. The number of carbonyl (C=O) groups is 1. The number of allylic oxidation sites excluding steroid dienone is 18. The van der Waals surface area contributed by atoms with Gasteiger partial charge in [-0.15, -0.1) is 0 Å². The lowest BCUT2D eigenvalue weighted by Gasteiger charge is -2.28. The summed E-state index contributed by atoms with van der Waals surface area (Å²) >= 11 is 0. The van der Waals surface area contributed by atoms with Gasteiger partial charge in [0.15, 0.2) is 0 Å². The molecule has 8 nitrogen and oxygen atoms in total. The first-order chi connectivity index (χ1) is 29.1. The molecule has 0 amide bonds. The summed E-state index contributed by atoms with van der Waals surface area (Å²) in [5.74, 6) is -0.370. The molecule has 60 heavy (non-hydrogen) atoms. The second-order valence-corrected chi connectivity index (χ2v) is 17.4. The number of hydrogen-bond acceptors (Lipinski definition) is 7. The van der Waals surface area contributed by atoms with Crippen LogP contribution in [-0.4, -0.2) is 70.7 Å². The van der Waals surface area contributed by atoms with Crippen molar-refractivity contribution in [3.63, 3.8) is 0 Å². The lowest BCUT2D eigenvalue weighted by molar-refractivity contribution is -0.870. The van der Waals surface area contributed by atoms with Crippen molar-refractivity contribution in [2.75, 3.05) is 54.1 Å². The first kappa shape index (κ1) is 57.2. The highest BCUT2D eigenvalue weighted by Crippen LogP contribution is 2.38. The minimum absolute atomic E-state index is 0.00776. The maximum atomic E-state index is 12.7. The third kappa shape index (κ3) is 46.2. The Bertz CT molecular complexity index is 1320. The van der Waals surface area contributed by atoms with Gasteiger partial charge >= 0.3 is 5.97 Å². The zero-order valence-corrected chi connectivity index (χ0v) is 39.5. The van der Waals surface area contributed by atoms with Gasteiger partial charge in [-0.05, 0) is 96.3 Å². The number of likely N-dealkylation sites (N-methyl/N-ethyl adjacent to an activating group) is 1. The van der Waals surface area contributed by atoms with Gasteiger partial charge in [0.25, 0.3) is 7.82 Å². The third-order valence-corrected chi connectivity index (χ3v) is 10.0. The smallest absolute Gasteiger partial charge is 0.306 e. The number of nitrogens with zero attached hydrogens (tertiary/aromatic N) is 1. The van der Waals surface area contributed by atoms with E-state index in [1.54, 1.807) is 0 Å². The molecule has 0 spiro atoms. The fourth-order valence-electron chi connectivity index (χ4n) is 5.48. The highest BCUT2D eigenvalue weighted by Gasteiger charge is 2.20. The fraction of sp³-hybridized carbons (Fsp3) is 0.627. The number of ether oxygens (including phenoxy) is 2. The molecule has 0 bridgehead atoms. The van der Waals surface area contributed by atoms with Crippen molar-refractivity contribution in [2.45, 2.75) is 155 Å². The molecular weight excluding hydrogens is 770 g/mol. The van der Waals surface area contributed by atoms with Crippen molar-refractivity contribution >= 4 is 13.8 Å². The molecule has 0 aromatic rings. The normalized spacial score (nSPS) is 14.7. The van der Waals surface area contributed by atoms with Gasteiger partial charge < -0.3 is 27.9 Å². The average molecular weight is 856 g/mol. The number of unbranched alkanes of at least 4 members (excludes halogenated alkanes) is 9. The van der Waals surface area contributed by atoms with Crippen LogP contribution in [-0.2, 0) is 27.9 Å². The van der Waals surface area contributed by atoms with Crippen molar-refractivity contribution in [2.24, 2.45) is 0 Å². The Labute approximate surface area is 368 Å². The highest BCUT2D eigenvalue weighted by molar-refractivity contribution is 7.45. The first-order valence-corrected chi connectivity index (χ1v) is 24.6. The number of esters is 1. The van der Waals surface area contributed by atoms with Crippen molar-refractivity contribution in [3.8, 4) is 0 Å². The van der Waals surface area contributed by atoms with Crippen LogP contribution in [0.3, 0.4) is 0 Å². The van der Waals surface area contributed by atoms with Gasteiger partial charge in [-0.2, -0.15) is 0 Å². The Morgan fingerprint density at radius 3 is 1.45 bits per heavy atom. The molecule has 342 valence electrons. The predicted molar refractivity (Wildman–Crippen MR) is 254 cm³/mol. The molecule has 0 saturated heterocycles. The van der Waals surface area contributed by atoms with E-state index in [0.29, 0.717) is 17.6 Å². The Balaban J connectivity index is 4.34. The number of phosphoric acid groups is 1. The SMILES string of the molecule is CC/C=C\C/C=C\C/C=C\C/C=C\C/C=C\C/C=C\C/C=C\CCCCOCC(COP(=O)([O-])OCC[N+](C)(C)C)OC(=O)CCCCCCC/C=C\C/C=C\CCCC. The summed E-state index contributed by atoms with van der Waals surface area (Å²) in [6.45, 7) is 5.08. The van der Waals surface area contributed by atoms with E-state index in [0.717, 1.165) is 109 Å². The van der Waals surface area contributed by atoms with E-state index >= 15 is 0 Å². The van der Waals surface area contributed by atoms with Gasteiger partial charge in [-0.3, -0.25) is 9.36 Å². The molecule has 0 saturated carbocycles. The maximum absolute atomic E-state index is 12.7. The summed E-state index contributed by atoms with van der Waals surface area (Å²) in [5, 5.41) is 0. The molecule has 0 aromatic heterocycles. The molecule has 0 aliphatic carbocycles. The van der Waals surface area contributed by atoms with E-state index in [1.165, 1.54) is 19.3 Å². The van der Waals surface area contributed by atoms with Crippen LogP contribution < -0.4 is 4.89 Å². The van der Waals surface area contributed by atoms with Crippen LogP contribution in [0.4, 0.5) is 0 Å². The van der Waals surface area contributed by atoms with E-state index < -0.39 is 13.9 Å². The molecule has 0 rings (SSSR count). The number of phosphoric ester groups is 1. The van der Waals surface area contributed by atoms with Crippen molar-refractivity contribution in [1.82, 2.24) is 0 Å². The standard InChI is InChI=1S/C51H86NO7P/c1-6-8-10-12-14-16-18-20-22-23-24-25-26-27-28-29-30-31-33-35-37-39-41-43-46-56-48-50(49-58-60(54,55)57-47-45-52(3,4)5)59-51(53)44-42-40-38-36-34-32-21-19-17-15-13-11-9-7-2/h8,10,13-16,19-22,24-25,27-28,30-31,35,37,50H,6-7,9,11-12,17-18,23,26,29,32-34,36,38-49H2,1-5H3/b10-8-,15-13-,16-14-,21-19-,22-20-,25-24-,28-27-,31-30-,37-35-. The second kappa shape index (κ2) is 42.8. The largest absolute Gasteiger partial charge is 0.756 e. The van der Waals surface area contributed by atoms with E-state index in [4.69, 9.17) is 18.5 Å². The number of quaternary nitrogens is 1. The van der Waals surface area contributed by atoms with Crippen LogP contribution in [0, 0.1) is 0 Å². The molecular formula is C51H86NO7P. The quantitative estimate of drug-likeness (QED) is 0.0199. The van der Waals surface area contributed by atoms with E-state index in [-0.39, 0.29) is 32.2 Å². The molecule has 0 aliphatic heterocycles. The van der Waals surface area contributed by atoms with Crippen LogP contribution in [0.5, 0.6) is 0 Å². The molecule has 2 unspecified atom stereocenters. The Hall–Kier alpha value is -2.84. The van der Waals surface area contributed by atoms with Crippen molar-refractivity contribution < 1.29 is 37.3 Å². The molecule has 0 radical (unpaired) electrons. The third-order valence-electron chi connectivity index (χ3n) is 9.06. The van der Waals surface area contributed by atoms with Gasteiger partial charge in [0.1, 0.15) is 19.3 Å². The maximum Gasteiger partial charge on any atom is 0.306 e. The monoisotopic (exact) mass is 856 g/mol. The lowest BCUT2D eigenvalue weighted by Crippen LogP contribution is -2.37. The van der Waals surface area contributed by atoms with Gasteiger partial charge in [-0.25, -0.2) is 0 Å². The zero-order valence-electron chi connectivity index (χ0n) is 38.6. The summed E-state index contributed by atoms with van der Waals surface area (Å²) in [6, 6.07) is 0. The van der Waals surface area contributed by atoms with Crippen LogP contribution in [0.25, 0.3) is 0 Å². The van der Waals surface area contributed by atoms with Gasteiger partial charge in [-0.1, -0.05) is 155 Å². The summed E-state index contributed by atoms with van der Waals surface area (Å²) in [7, 11) is 1.30. The average Bonchev–Trinajstić information content (AvgIpc) is 3.20.